The fourth-order valence-electron chi connectivity index (χ4n) is 2.17. The third kappa shape index (κ3) is 3.95. The van der Waals surface area contributed by atoms with Crippen LogP contribution in [0, 0.1) is 0 Å². The van der Waals surface area contributed by atoms with Crippen molar-refractivity contribution in [1.29, 1.82) is 0 Å². The molecule has 3 rings (SSSR count). The van der Waals surface area contributed by atoms with E-state index in [0.29, 0.717) is 26.8 Å². The van der Waals surface area contributed by atoms with Gasteiger partial charge in [0.1, 0.15) is 18.8 Å². The van der Waals surface area contributed by atoms with Crippen LogP contribution in [0.25, 0.3) is 11.0 Å². The molecule has 1 aromatic heterocycles. The molecule has 0 bridgehead atoms. The predicted molar refractivity (Wildman–Crippen MR) is 94.7 cm³/mol. The van der Waals surface area contributed by atoms with Gasteiger partial charge in [0, 0.05) is 6.07 Å². The van der Waals surface area contributed by atoms with Gasteiger partial charge in [0.15, 0.2) is 11.2 Å². The first-order valence-corrected chi connectivity index (χ1v) is 8.08. The van der Waals surface area contributed by atoms with Gasteiger partial charge in [-0.2, -0.15) is 0 Å². The molecule has 3 aromatic rings. The molecule has 0 amide bonds. The first-order chi connectivity index (χ1) is 12.1. The molecule has 0 radical (unpaired) electrons. The van der Waals surface area contributed by atoms with Crippen molar-refractivity contribution in [3.8, 4) is 5.75 Å². The Morgan fingerprint density at radius 1 is 1.00 bits per heavy atom. The van der Waals surface area contributed by atoms with E-state index in [4.69, 9.17) is 37.1 Å². The largest absolute Gasteiger partial charge is 0.487 e. The lowest BCUT2D eigenvalue weighted by Crippen LogP contribution is -2.14. The molecule has 0 spiro atoms. The van der Waals surface area contributed by atoms with Crippen LogP contribution in [-0.2, 0) is 4.74 Å². The van der Waals surface area contributed by atoms with Gasteiger partial charge in [-0.25, -0.2) is 4.79 Å². The molecule has 5 nitrogen and oxygen atoms in total. The third-order valence-corrected chi connectivity index (χ3v) is 3.91. The van der Waals surface area contributed by atoms with Gasteiger partial charge in [0.05, 0.1) is 15.4 Å². The SMILES string of the molecule is O=C(OCCOc1c(Cl)cccc1Cl)c1cc(=O)c2ccccc2o1. The average Bonchev–Trinajstić information content (AvgIpc) is 2.60. The lowest BCUT2D eigenvalue weighted by atomic mass is 10.2. The van der Waals surface area contributed by atoms with Crippen molar-refractivity contribution < 1.29 is 18.7 Å². The maximum Gasteiger partial charge on any atom is 0.374 e. The van der Waals surface area contributed by atoms with Crippen molar-refractivity contribution in [2.45, 2.75) is 0 Å². The number of hydrogen-bond donors (Lipinski definition) is 0. The summed E-state index contributed by atoms with van der Waals surface area (Å²) >= 11 is 11.9. The summed E-state index contributed by atoms with van der Waals surface area (Å²) in [7, 11) is 0. The van der Waals surface area contributed by atoms with E-state index >= 15 is 0 Å². The molecule has 0 aliphatic carbocycles. The summed E-state index contributed by atoms with van der Waals surface area (Å²) in [5.41, 5.74) is 0.00829. The highest BCUT2D eigenvalue weighted by molar-refractivity contribution is 6.37. The molecule has 0 N–H and O–H groups in total. The second-order valence-corrected chi connectivity index (χ2v) is 5.82. The maximum absolute atomic E-state index is 12.0. The maximum atomic E-state index is 12.0. The number of carbonyl (C=O) groups excluding carboxylic acids is 1. The molecule has 25 heavy (non-hydrogen) atoms. The molecule has 0 saturated heterocycles. The van der Waals surface area contributed by atoms with Gasteiger partial charge in [-0.3, -0.25) is 4.79 Å². The van der Waals surface area contributed by atoms with Crippen LogP contribution in [0.2, 0.25) is 10.0 Å². The lowest BCUT2D eigenvalue weighted by molar-refractivity contribution is 0.0416. The summed E-state index contributed by atoms with van der Waals surface area (Å²) < 4.78 is 15.9. The second kappa shape index (κ2) is 7.59. The number of para-hydroxylation sites is 2. The fourth-order valence-corrected chi connectivity index (χ4v) is 2.68. The van der Waals surface area contributed by atoms with Gasteiger partial charge >= 0.3 is 5.97 Å². The van der Waals surface area contributed by atoms with Crippen molar-refractivity contribution >= 4 is 40.1 Å². The Labute approximate surface area is 152 Å². The Balaban J connectivity index is 1.62. The molecule has 0 aliphatic heterocycles. The van der Waals surface area contributed by atoms with Gasteiger partial charge in [0.25, 0.3) is 0 Å². The first-order valence-electron chi connectivity index (χ1n) is 7.33. The summed E-state index contributed by atoms with van der Waals surface area (Å²) in [5, 5.41) is 1.12. The smallest absolute Gasteiger partial charge is 0.374 e. The lowest BCUT2D eigenvalue weighted by Gasteiger charge is -2.10. The predicted octanol–water partition coefficient (Wildman–Crippen LogP) is 4.34. The zero-order chi connectivity index (χ0) is 17.8. The molecule has 128 valence electrons. The van der Waals surface area contributed by atoms with E-state index in [1.165, 1.54) is 0 Å². The van der Waals surface area contributed by atoms with E-state index in [1.807, 2.05) is 0 Å². The number of rotatable bonds is 5. The van der Waals surface area contributed by atoms with Crippen LogP contribution < -0.4 is 10.2 Å². The van der Waals surface area contributed by atoms with Gasteiger partial charge in [-0.1, -0.05) is 41.4 Å². The molecular formula is C18H12Cl2O5. The molecule has 1 heterocycles. The number of fused-ring (bicyclic) bond motifs is 1. The number of halogens is 2. The fraction of sp³-hybridized carbons (Fsp3) is 0.111. The molecule has 0 unspecified atom stereocenters. The zero-order valence-electron chi connectivity index (χ0n) is 12.8. The van der Waals surface area contributed by atoms with E-state index in [0.717, 1.165) is 6.07 Å². The molecule has 0 saturated carbocycles. The highest BCUT2D eigenvalue weighted by atomic mass is 35.5. The van der Waals surface area contributed by atoms with Crippen molar-refractivity contribution in [3.05, 3.63) is 74.6 Å². The number of ether oxygens (including phenoxy) is 2. The molecular weight excluding hydrogens is 367 g/mol. The molecule has 0 atom stereocenters. The van der Waals surface area contributed by atoms with E-state index in [1.54, 1.807) is 42.5 Å². The number of hydrogen-bond acceptors (Lipinski definition) is 5. The highest BCUT2D eigenvalue weighted by Crippen LogP contribution is 2.32. The van der Waals surface area contributed by atoms with E-state index in [-0.39, 0.29) is 24.4 Å². The summed E-state index contributed by atoms with van der Waals surface area (Å²) in [4.78, 5) is 24.0. The Morgan fingerprint density at radius 3 is 2.48 bits per heavy atom. The minimum absolute atomic E-state index is 0.0486. The van der Waals surface area contributed by atoms with E-state index < -0.39 is 5.97 Å². The first kappa shape index (κ1) is 17.3. The highest BCUT2D eigenvalue weighted by Gasteiger charge is 2.14. The van der Waals surface area contributed by atoms with E-state index in [9.17, 15) is 9.59 Å². The van der Waals surface area contributed by atoms with Crippen LogP contribution >= 0.6 is 23.2 Å². The monoisotopic (exact) mass is 378 g/mol. The van der Waals surface area contributed by atoms with Crippen LogP contribution in [0.5, 0.6) is 5.75 Å². The summed E-state index contributed by atoms with van der Waals surface area (Å²) in [6, 6.07) is 12.7. The zero-order valence-corrected chi connectivity index (χ0v) is 14.3. The Morgan fingerprint density at radius 2 is 1.72 bits per heavy atom. The number of carbonyl (C=O) groups is 1. The van der Waals surface area contributed by atoms with Crippen LogP contribution in [0.4, 0.5) is 0 Å². The van der Waals surface area contributed by atoms with Gasteiger partial charge in [-0.05, 0) is 24.3 Å². The van der Waals surface area contributed by atoms with Gasteiger partial charge < -0.3 is 13.9 Å². The normalized spacial score (nSPS) is 10.6. The van der Waals surface area contributed by atoms with Gasteiger partial charge in [0.2, 0.25) is 5.76 Å². The Hall–Kier alpha value is -2.50. The van der Waals surface area contributed by atoms with Crippen molar-refractivity contribution in [2.24, 2.45) is 0 Å². The summed E-state index contributed by atoms with van der Waals surface area (Å²) in [5.74, 6) is -0.602. The summed E-state index contributed by atoms with van der Waals surface area (Å²) in [6.45, 7) is -0.00999. The van der Waals surface area contributed by atoms with Crippen LogP contribution in [0.1, 0.15) is 10.6 Å². The van der Waals surface area contributed by atoms with Crippen LogP contribution in [-0.4, -0.2) is 19.2 Å². The second-order valence-electron chi connectivity index (χ2n) is 5.01. The van der Waals surface area contributed by atoms with Crippen molar-refractivity contribution in [3.63, 3.8) is 0 Å². The topological polar surface area (TPSA) is 65.7 Å². The minimum Gasteiger partial charge on any atom is -0.487 e. The third-order valence-electron chi connectivity index (χ3n) is 3.32. The van der Waals surface area contributed by atoms with Crippen LogP contribution in [0.15, 0.2) is 57.7 Å². The number of benzene rings is 2. The molecule has 7 heteroatoms. The Bertz CT molecular complexity index is 960. The van der Waals surface area contributed by atoms with Gasteiger partial charge in [-0.15, -0.1) is 0 Å². The number of esters is 1. The molecule has 2 aromatic carbocycles. The molecule has 0 fully saturated rings. The molecule has 0 aliphatic rings. The summed E-state index contributed by atoms with van der Waals surface area (Å²) in [6.07, 6.45) is 0. The standard InChI is InChI=1S/C18H12Cl2O5/c19-12-5-3-6-13(20)17(12)23-8-9-24-18(22)16-10-14(21)11-4-1-2-7-15(11)25-16/h1-7,10H,8-9H2. The minimum atomic E-state index is -0.753. The van der Waals surface area contributed by atoms with E-state index in [2.05, 4.69) is 0 Å². The average molecular weight is 379 g/mol. The van der Waals surface area contributed by atoms with Crippen LogP contribution in [0.3, 0.4) is 0 Å². The van der Waals surface area contributed by atoms with Crippen molar-refractivity contribution in [1.82, 2.24) is 0 Å². The quantitative estimate of drug-likeness (QED) is 0.488. The Kier molecular flexibility index (Phi) is 5.26. The van der Waals surface area contributed by atoms with Crippen molar-refractivity contribution in [2.75, 3.05) is 13.2 Å².